The Morgan fingerprint density at radius 1 is 0.960 bits per heavy atom. The zero-order valence-corrected chi connectivity index (χ0v) is 15.7. The molecule has 0 saturated heterocycles. The number of hydrogen-bond donors (Lipinski definition) is 0. The lowest BCUT2D eigenvalue weighted by Crippen LogP contribution is -2.12. The average molecular weight is 353 g/mol. The van der Waals surface area contributed by atoms with Gasteiger partial charge in [0.2, 0.25) is 0 Å². The molecule has 0 bridgehead atoms. The van der Waals surface area contributed by atoms with Crippen LogP contribution in [0.15, 0.2) is 53.4 Å². The van der Waals surface area contributed by atoms with Crippen LogP contribution in [0, 0.1) is 0 Å². The van der Waals surface area contributed by atoms with E-state index in [-0.39, 0.29) is 0 Å². The molecule has 0 atom stereocenters. The Hall–Kier alpha value is -2.17. The maximum absolute atomic E-state index is 12.0. The van der Waals surface area contributed by atoms with Crippen molar-refractivity contribution >= 4 is 27.6 Å². The van der Waals surface area contributed by atoms with Crippen molar-refractivity contribution in [2.45, 2.75) is 11.3 Å². The fourth-order valence-electron chi connectivity index (χ4n) is 3.04. The van der Waals surface area contributed by atoms with Crippen molar-refractivity contribution in [3.05, 3.63) is 70.8 Å². The standard InChI is InChI=1S/C21H23NO2S/c1-22(2)14-6-9-20-19-8-5-4-7-16(19)10-11-17-12-13-18(15-21(17)20)25(3,23)24/h4-5,7-13,15H,6,14H2,1-3H3/b20-9+. The van der Waals surface area contributed by atoms with Crippen LogP contribution < -0.4 is 0 Å². The van der Waals surface area contributed by atoms with E-state index in [0.717, 1.165) is 40.8 Å². The summed E-state index contributed by atoms with van der Waals surface area (Å²) in [6.45, 7) is 0.945. The van der Waals surface area contributed by atoms with Gasteiger partial charge in [0.15, 0.2) is 9.84 Å². The van der Waals surface area contributed by atoms with E-state index in [4.69, 9.17) is 0 Å². The molecule has 2 aromatic rings. The van der Waals surface area contributed by atoms with Gasteiger partial charge >= 0.3 is 0 Å². The van der Waals surface area contributed by atoms with E-state index in [9.17, 15) is 8.42 Å². The monoisotopic (exact) mass is 353 g/mol. The number of hydrogen-bond acceptors (Lipinski definition) is 3. The molecule has 2 aromatic carbocycles. The molecule has 1 aliphatic carbocycles. The Balaban J connectivity index is 2.19. The first-order chi connectivity index (χ1) is 11.9. The minimum atomic E-state index is -3.24. The quantitative estimate of drug-likeness (QED) is 0.712. The highest BCUT2D eigenvalue weighted by atomic mass is 32.2. The van der Waals surface area contributed by atoms with Crippen LogP contribution in [-0.2, 0) is 9.84 Å². The van der Waals surface area contributed by atoms with E-state index < -0.39 is 9.84 Å². The molecule has 0 unspecified atom stereocenters. The van der Waals surface area contributed by atoms with E-state index in [0.29, 0.717) is 4.90 Å². The van der Waals surface area contributed by atoms with Crippen LogP contribution in [0.1, 0.15) is 28.7 Å². The Labute approximate surface area is 150 Å². The summed E-state index contributed by atoms with van der Waals surface area (Å²) in [6.07, 6.45) is 8.54. The second-order valence-corrected chi connectivity index (χ2v) is 8.67. The number of fused-ring (bicyclic) bond motifs is 2. The number of nitrogens with zero attached hydrogens (tertiary/aromatic N) is 1. The Kier molecular flexibility index (Phi) is 4.93. The summed E-state index contributed by atoms with van der Waals surface area (Å²) < 4.78 is 24.0. The van der Waals surface area contributed by atoms with Gasteiger partial charge in [0.25, 0.3) is 0 Å². The van der Waals surface area contributed by atoms with Crippen LogP contribution in [-0.4, -0.2) is 40.2 Å². The summed E-state index contributed by atoms with van der Waals surface area (Å²) in [4.78, 5) is 2.50. The molecule has 0 saturated carbocycles. The lowest BCUT2D eigenvalue weighted by Gasteiger charge is -2.14. The molecule has 0 aromatic heterocycles. The Morgan fingerprint density at radius 3 is 2.32 bits per heavy atom. The maximum Gasteiger partial charge on any atom is 0.175 e. The molecule has 130 valence electrons. The largest absolute Gasteiger partial charge is 0.309 e. The third kappa shape index (κ3) is 3.91. The summed E-state index contributed by atoms with van der Waals surface area (Å²) in [6, 6.07) is 13.6. The van der Waals surface area contributed by atoms with Crippen LogP contribution in [0.3, 0.4) is 0 Å². The SMILES string of the molecule is CN(C)CC/C=C1\c2ccccc2C=Cc2ccc(S(C)(=O)=O)cc21. The highest BCUT2D eigenvalue weighted by molar-refractivity contribution is 7.90. The number of sulfone groups is 1. The van der Waals surface area contributed by atoms with Crippen molar-refractivity contribution in [1.29, 1.82) is 0 Å². The fourth-order valence-corrected chi connectivity index (χ4v) is 3.69. The third-order valence-electron chi connectivity index (χ3n) is 4.36. The molecular formula is C21H23NO2S. The lowest BCUT2D eigenvalue weighted by molar-refractivity contribution is 0.417. The molecule has 1 aliphatic rings. The van der Waals surface area contributed by atoms with Crippen molar-refractivity contribution in [3.8, 4) is 0 Å². The first-order valence-corrected chi connectivity index (χ1v) is 10.2. The first kappa shape index (κ1) is 17.6. The molecule has 0 N–H and O–H groups in total. The number of rotatable bonds is 4. The van der Waals surface area contributed by atoms with Crippen molar-refractivity contribution in [2.24, 2.45) is 0 Å². The van der Waals surface area contributed by atoms with Gasteiger partial charge in [-0.3, -0.25) is 0 Å². The van der Waals surface area contributed by atoms with E-state index in [1.807, 2.05) is 18.2 Å². The zero-order chi connectivity index (χ0) is 18.0. The smallest absolute Gasteiger partial charge is 0.175 e. The van der Waals surface area contributed by atoms with Crippen LogP contribution >= 0.6 is 0 Å². The van der Waals surface area contributed by atoms with Crippen molar-refractivity contribution in [3.63, 3.8) is 0 Å². The zero-order valence-electron chi connectivity index (χ0n) is 14.9. The topological polar surface area (TPSA) is 37.4 Å². The van der Waals surface area contributed by atoms with Gasteiger partial charge in [0, 0.05) is 12.8 Å². The molecule has 0 radical (unpaired) electrons. The van der Waals surface area contributed by atoms with Crippen LogP contribution in [0.5, 0.6) is 0 Å². The minimum absolute atomic E-state index is 0.359. The van der Waals surface area contributed by atoms with E-state index in [1.54, 1.807) is 12.1 Å². The van der Waals surface area contributed by atoms with Crippen LogP contribution in [0.2, 0.25) is 0 Å². The van der Waals surface area contributed by atoms with Gasteiger partial charge in [-0.2, -0.15) is 0 Å². The Morgan fingerprint density at radius 2 is 1.64 bits per heavy atom. The highest BCUT2D eigenvalue weighted by Crippen LogP contribution is 2.35. The second-order valence-electron chi connectivity index (χ2n) is 6.65. The van der Waals surface area contributed by atoms with E-state index in [2.05, 4.69) is 49.4 Å². The average Bonchev–Trinajstić information content (AvgIpc) is 2.71. The van der Waals surface area contributed by atoms with Crippen LogP contribution in [0.25, 0.3) is 17.7 Å². The normalized spacial score (nSPS) is 15.1. The van der Waals surface area contributed by atoms with E-state index >= 15 is 0 Å². The van der Waals surface area contributed by atoms with Gasteiger partial charge in [-0.05, 0) is 60.5 Å². The number of benzene rings is 2. The molecule has 0 fully saturated rings. The summed E-state index contributed by atoms with van der Waals surface area (Å²) >= 11 is 0. The maximum atomic E-state index is 12.0. The minimum Gasteiger partial charge on any atom is -0.309 e. The van der Waals surface area contributed by atoms with Gasteiger partial charge in [0.1, 0.15) is 0 Å². The predicted molar refractivity (Wildman–Crippen MR) is 105 cm³/mol. The molecule has 0 spiro atoms. The molecule has 0 aliphatic heterocycles. The summed E-state index contributed by atoms with van der Waals surface area (Å²) in [7, 11) is 0.862. The van der Waals surface area contributed by atoms with Crippen molar-refractivity contribution in [2.75, 3.05) is 26.9 Å². The highest BCUT2D eigenvalue weighted by Gasteiger charge is 2.17. The van der Waals surface area contributed by atoms with Crippen LogP contribution in [0.4, 0.5) is 0 Å². The van der Waals surface area contributed by atoms with E-state index in [1.165, 1.54) is 6.26 Å². The summed E-state index contributed by atoms with van der Waals surface area (Å²) in [5.41, 5.74) is 5.41. The predicted octanol–water partition coefficient (Wildman–Crippen LogP) is 3.96. The lowest BCUT2D eigenvalue weighted by atomic mass is 9.93. The molecular weight excluding hydrogens is 330 g/mol. The third-order valence-corrected chi connectivity index (χ3v) is 5.47. The van der Waals surface area contributed by atoms with Gasteiger partial charge in [-0.1, -0.05) is 48.6 Å². The fraction of sp³-hybridized carbons (Fsp3) is 0.238. The molecule has 0 amide bonds. The second kappa shape index (κ2) is 6.98. The van der Waals surface area contributed by atoms with Crippen molar-refractivity contribution in [1.82, 2.24) is 4.90 Å². The molecule has 4 heteroatoms. The first-order valence-electron chi connectivity index (χ1n) is 8.33. The van der Waals surface area contributed by atoms with Gasteiger partial charge in [-0.25, -0.2) is 8.42 Å². The van der Waals surface area contributed by atoms with Gasteiger partial charge < -0.3 is 4.90 Å². The van der Waals surface area contributed by atoms with Crippen molar-refractivity contribution < 1.29 is 8.42 Å². The summed E-state index contributed by atoms with van der Waals surface area (Å²) in [5, 5.41) is 0. The summed E-state index contributed by atoms with van der Waals surface area (Å²) in [5.74, 6) is 0. The Bertz CT molecular complexity index is 954. The van der Waals surface area contributed by atoms with Gasteiger partial charge in [-0.15, -0.1) is 0 Å². The van der Waals surface area contributed by atoms with Gasteiger partial charge in [0.05, 0.1) is 4.90 Å². The molecule has 3 rings (SSSR count). The molecule has 0 heterocycles. The molecule has 25 heavy (non-hydrogen) atoms. The molecule has 3 nitrogen and oxygen atoms in total.